The van der Waals surface area contributed by atoms with E-state index in [0.717, 1.165) is 88.7 Å². The Bertz CT molecular complexity index is 3460. The summed E-state index contributed by atoms with van der Waals surface area (Å²) in [7, 11) is -16.4. The summed E-state index contributed by atoms with van der Waals surface area (Å²) in [6.07, 6.45) is 2.88. The first-order chi connectivity index (χ1) is 35.2. The van der Waals surface area contributed by atoms with Crippen LogP contribution in [0.2, 0.25) is 0 Å². The van der Waals surface area contributed by atoms with E-state index in [2.05, 4.69) is 4.18 Å². The zero-order valence-corrected chi connectivity index (χ0v) is 40.6. The molecule has 0 spiro atoms. The highest BCUT2D eigenvalue weighted by Gasteiger charge is 2.49. The Kier molecular flexibility index (Phi) is 17.8. The Morgan fingerprint density at radius 2 is 1.00 bits per heavy atom. The number of alkyl halides is 3. The lowest BCUT2D eigenvalue weighted by Gasteiger charge is -2.32. The van der Waals surface area contributed by atoms with Gasteiger partial charge in [-0.1, -0.05) is 66.7 Å². The monoisotopic (exact) mass is 1110 g/mol. The predicted octanol–water partition coefficient (Wildman–Crippen LogP) is 7.52. The molecule has 2 unspecified atom stereocenters. The van der Waals surface area contributed by atoms with Gasteiger partial charge in [-0.2, -0.15) is 30.2 Å². The second-order valence-electron chi connectivity index (χ2n) is 16.1. The third-order valence-electron chi connectivity index (χ3n) is 11.1. The highest BCUT2D eigenvalue weighted by molar-refractivity contribution is 7.89. The van der Waals surface area contributed by atoms with Gasteiger partial charge in [0.2, 0.25) is 20.0 Å². The van der Waals surface area contributed by atoms with Crippen molar-refractivity contribution in [3.8, 4) is 0 Å². The molecule has 394 valence electrons. The van der Waals surface area contributed by atoms with E-state index in [0.29, 0.717) is 11.1 Å². The van der Waals surface area contributed by atoms with Crippen LogP contribution in [0.25, 0.3) is 5.57 Å². The molecule has 2 aliphatic heterocycles. The van der Waals surface area contributed by atoms with Gasteiger partial charge >= 0.3 is 22.7 Å². The van der Waals surface area contributed by atoms with Crippen LogP contribution in [0.15, 0.2) is 173 Å². The quantitative estimate of drug-likeness (QED) is 0.0301. The van der Waals surface area contributed by atoms with E-state index in [1.165, 1.54) is 16.4 Å². The number of rotatable bonds is 12. The number of benzene rings is 6. The highest BCUT2D eigenvalue weighted by Crippen LogP contribution is 2.36. The van der Waals surface area contributed by atoms with E-state index in [9.17, 15) is 76.2 Å². The maximum absolute atomic E-state index is 14.5. The van der Waals surface area contributed by atoms with Crippen LogP contribution in [0, 0.1) is 43.5 Å². The summed E-state index contributed by atoms with van der Waals surface area (Å²) in [6, 6.07) is 31.3. The average molecular weight is 1110 g/mol. The first kappa shape index (κ1) is 57.0. The Morgan fingerprint density at radius 3 is 1.43 bits per heavy atom. The fraction of sp³-hybridized carbons (Fsp3) is 0.149. The smallest absolute Gasteiger partial charge is 0.423 e. The minimum Gasteiger partial charge on any atom is -0.423 e. The molecule has 0 saturated heterocycles. The molecule has 0 amide bonds. The number of nitrogens with zero attached hydrogens (tertiary/aromatic N) is 4. The van der Waals surface area contributed by atoms with Crippen molar-refractivity contribution in [2.75, 3.05) is 26.2 Å². The largest absolute Gasteiger partial charge is 0.534 e. The third kappa shape index (κ3) is 14.1. The van der Waals surface area contributed by atoms with Crippen molar-refractivity contribution >= 4 is 59.7 Å². The summed E-state index contributed by atoms with van der Waals surface area (Å²) in [5.74, 6) is -4.73. The number of non-ortho nitro benzene ring substituents is 2. The molecule has 6 aromatic carbocycles. The molecule has 75 heavy (non-hydrogen) atoms. The third-order valence-corrected chi connectivity index (χ3v) is 15.8. The molecule has 2 aliphatic rings. The molecule has 0 saturated carbocycles. The molecule has 17 nitrogen and oxygen atoms in total. The van der Waals surface area contributed by atoms with Gasteiger partial charge in [-0.15, -0.1) is 0 Å². The summed E-state index contributed by atoms with van der Waals surface area (Å²) in [6.45, 7) is -1.08. The molecular weight excluding hydrogens is 1070 g/mol. The fourth-order valence-electron chi connectivity index (χ4n) is 7.43. The minimum absolute atomic E-state index is 0.00506. The predicted molar refractivity (Wildman–Crippen MR) is 257 cm³/mol. The molecule has 2 N–H and O–H groups in total. The van der Waals surface area contributed by atoms with Gasteiger partial charge in [0.15, 0.2) is 0 Å². The van der Waals surface area contributed by atoms with Crippen molar-refractivity contribution in [3.05, 3.63) is 224 Å². The molecule has 0 aromatic heterocycles. The summed E-state index contributed by atoms with van der Waals surface area (Å²) in [5.41, 5.74) is -5.06. The van der Waals surface area contributed by atoms with E-state index in [4.69, 9.17) is 10.0 Å². The van der Waals surface area contributed by atoms with Crippen LogP contribution in [0.3, 0.4) is 0 Å². The SMILES string of the molecule is O=[N+]([O-])c1ccc(S(=O)(=O)N2CC(OS(=O)(=O)C(F)(F)F)=CC(c3ccccc3)C2)cc1.O=[N+]([O-])c1ccc(S(=O)(=O)N2CC(c3cc(F)ccc3F)=CC(c3ccccc3)C2)cc1.OB(O)c1cc(F)ccc1F. The van der Waals surface area contributed by atoms with Gasteiger partial charge in [-0.3, -0.25) is 20.2 Å². The molecule has 2 atom stereocenters. The standard InChI is InChI=1S/C23H18F2N2O4S.C18H15F3N2O7S2.C6H5BF2O2/c24-19-6-11-23(25)22(13-19)18-12-17(16-4-2-1-3-5-16)14-26(15-18)32(30,31)21-9-7-20(8-10-21)27(28)29;19-18(20,21)32(28,29)30-16-10-14(13-4-2-1-3-5-13)11-22(12-16)31(26,27)17-8-6-15(7-9-17)23(24)25;8-4-1-2-6(9)5(3-4)7(10)11/h1-13,17H,14-15H2;1-10,14H,11-12H2;1-3,10-11H. The number of halogens is 7. The van der Waals surface area contributed by atoms with Crippen molar-refractivity contribution in [1.29, 1.82) is 0 Å². The van der Waals surface area contributed by atoms with Crippen molar-refractivity contribution < 1.29 is 80.1 Å². The van der Waals surface area contributed by atoms with E-state index in [-0.39, 0.29) is 46.4 Å². The van der Waals surface area contributed by atoms with Gasteiger partial charge in [-0.05, 0) is 83.4 Å². The molecule has 28 heteroatoms. The molecule has 8 rings (SSSR count). The molecule has 0 bridgehead atoms. The van der Waals surface area contributed by atoms with E-state index in [1.54, 1.807) is 36.4 Å². The fourth-order valence-corrected chi connectivity index (χ4v) is 10.8. The molecule has 0 radical (unpaired) electrons. The van der Waals surface area contributed by atoms with Crippen LogP contribution in [0.5, 0.6) is 0 Å². The molecule has 0 fully saturated rings. The van der Waals surface area contributed by atoms with E-state index in [1.807, 2.05) is 30.3 Å². The van der Waals surface area contributed by atoms with E-state index >= 15 is 0 Å². The van der Waals surface area contributed by atoms with Crippen LogP contribution in [0.4, 0.5) is 42.1 Å². The number of hydrogen-bond acceptors (Lipinski definition) is 13. The molecule has 6 aromatic rings. The van der Waals surface area contributed by atoms with Gasteiger partial charge in [0.1, 0.15) is 29.0 Å². The molecule has 2 heterocycles. The normalized spacial score (nSPS) is 16.4. The minimum atomic E-state index is -6.02. The Hall–Kier alpha value is -7.34. The van der Waals surface area contributed by atoms with Crippen LogP contribution in [0.1, 0.15) is 28.5 Å². The van der Waals surface area contributed by atoms with Crippen LogP contribution in [-0.4, -0.2) is 92.6 Å². The zero-order valence-electron chi connectivity index (χ0n) is 38.1. The zero-order chi connectivity index (χ0) is 55.0. The Morgan fingerprint density at radius 1 is 0.573 bits per heavy atom. The van der Waals surface area contributed by atoms with Crippen LogP contribution < -0.4 is 5.46 Å². The summed E-state index contributed by atoms with van der Waals surface area (Å²) < 4.78 is 173. The number of nitro groups is 2. The topological polar surface area (TPSA) is 245 Å². The van der Waals surface area contributed by atoms with Crippen molar-refractivity contribution in [2.45, 2.75) is 27.1 Å². The highest BCUT2D eigenvalue weighted by atomic mass is 32.2. The second-order valence-corrected chi connectivity index (χ2v) is 21.5. The Labute approximate surface area is 423 Å². The summed E-state index contributed by atoms with van der Waals surface area (Å²) in [4.78, 5) is 19.9. The maximum atomic E-state index is 14.5. The summed E-state index contributed by atoms with van der Waals surface area (Å²) >= 11 is 0. The number of sulfonamides is 2. The lowest BCUT2D eigenvalue weighted by molar-refractivity contribution is -0.385. The van der Waals surface area contributed by atoms with Crippen LogP contribution >= 0.6 is 0 Å². The van der Waals surface area contributed by atoms with E-state index < -0.39 is 106 Å². The van der Waals surface area contributed by atoms with Gasteiger partial charge in [0.05, 0.1) is 26.2 Å². The van der Waals surface area contributed by atoms with Crippen molar-refractivity contribution in [3.63, 3.8) is 0 Å². The van der Waals surface area contributed by atoms with Crippen molar-refractivity contribution in [2.24, 2.45) is 0 Å². The first-order valence-electron chi connectivity index (χ1n) is 21.5. The number of nitro benzene ring substituents is 2. The number of hydrogen-bond donors (Lipinski definition) is 2. The van der Waals surface area contributed by atoms with Gasteiger partial charge in [-0.25, -0.2) is 34.4 Å². The first-order valence-corrected chi connectivity index (χ1v) is 25.7. The molecular formula is C47H38BF7N4O13S3. The van der Waals surface area contributed by atoms with Crippen LogP contribution in [-0.2, 0) is 34.3 Å². The Balaban J connectivity index is 0.000000203. The molecule has 0 aliphatic carbocycles. The summed E-state index contributed by atoms with van der Waals surface area (Å²) in [5, 5.41) is 38.6. The van der Waals surface area contributed by atoms with Crippen molar-refractivity contribution in [1.82, 2.24) is 8.61 Å². The second kappa shape index (κ2) is 23.5. The lowest BCUT2D eigenvalue weighted by Crippen LogP contribution is -2.40. The van der Waals surface area contributed by atoms with Gasteiger partial charge < -0.3 is 14.2 Å². The lowest BCUT2D eigenvalue weighted by atomic mass is 9.80. The average Bonchev–Trinajstić information content (AvgIpc) is 3.38. The van der Waals surface area contributed by atoms with Gasteiger partial charge in [0, 0.05) is 66.8 Å². The maximum Gasteiger partial charge on any atom is 0.534 e. The van der Waals surface area contributed by atoms with Gasteiger partial charge in [0.25, 0.3) is 11.4 Å².